The van der Waals surface area contributed by atoms with Crippen LogP contribution in [0.25, 0.3) is 11.1 Å². The molecule has 2 aromatic carbocycles. The molecule has 0 bridgehead atoms. The minimum atomic E-state index is -0.978. The van der Waals surface area contributed by atoms with Gasteiger partial charge in [-0.15, -0.1) is 11.3 Å². The highest BCUT2D eigenvalue weighted by atomic mass is 32.1. The molecule has 140 valence electrons. The van der Waals surface area contributed by atoms with Crippen LogP contribution in [0.3, 0.4) is 0 Å². The predicted octanol–water partition coefficient (Wildman–Crippen LogP) is 5.07. The summed E-state index contributed by atoms with van der Waals surface area (Å²) in [5, 5.41) is 11.0. The summed E-state index contributed by atoms with van der Waals surface area (Å²) in [4.78, 5) is 14.5. The normalized spacial score (nSPS) is 12.1. The number of aliphatic carboxylic acids is 1. The zero-order chi connectivity index (χ0) is 19.2. The van der Waals surface area contributed by atoms with Gasteiger partial charge in [0.25, 0.3) is 0 Å². The van der Waals surface area contributed by atoms with Crippen molar-refractivity contribution >= 4 is 17.3 Å². The third-order valence-electron chi connectivity index (χ3n) is 4.55. The molecule has 0 spiro atoms. The first-order valence-corrected chi connectivity index (χ1v) is 9.69. The average molecular weight is 381 g/mol. The number of hydrogen-bond acceptors (Lipinski definition) is 4. The second kappa shape index (κ2) is 8.84. The van der Waals surface area contributed by atoms with E-state index >= 15 is 0 Å². The molecule has 0 aliphatic rings. The lowest BCUT2D eigenvalue weighted by molar-refractivity contribution is -0.139. The van der Waals surface area contributed by atoms with Crippen molar-refractivity contribution in [3.05, 3.63) is 76.5 Å². The van der Waals surface area contributed by atoms with Gasteiger partial charge in [0.15, 0.2) is 6.61 Å². The molecule has 1 heterocycles. The number of rotatable bonds is 8. The molecule has 0 radical (unpaired) electrons. The maximum Gasteiger partial charge on any atom is 0.341 e. The smallest absolute Gasteiger partial charge is 0.341 e. The van der Waals surface area contributed by atoms with E-state index in [-0.39, 0.29) is 12.6 Å². The second-order valence-corrected chi connectivity index (χ2v) is 7.46. The van der Waals surface area contributed by atoms with Crippen molar-refractivity contribution in [2.75, 3.05) is 13.7 Å². The SMILES string of the molecule is C[C@H](c1cccs1)N(C)Cc1cc(-c2ccccc2)ccc1OCC(=O)O. The van der Waals surface area contributed by atoms with Crippen LogP contribution in [-0.4, -0.2) is 29.6 Å². The lowest BCUT2D eigenvalue weighted by Crippen LogP contribution is -2.22. The Hall–Kier alpha value is -2.63. The van der Waals surface area contributed by atoms with Gasteiger partial charge in [-0.3, -0.25) is 4.90 Å². The molecule has 1 N–H and O–H groups in total. The summed E-state index contributed by atoms with van der Waals surface area (Å²) >= 11 is 1.74. The van der Waals surface area contributed by atoms with Gasteiger partial charge in [-0.1, -0.05) is 42.5 Å². The molecule has 3 aromatic rings. The van der Waals surface area contributed by atoms with E-state index in [1.54, 1.807) is 11.3 Å². The van der Waals surface area contributed by atoms with E-state index in [1.807, 2.05) is 30.3 Å². The third kappa shape index (κ3) is 4.96. The number of nitrogens with zero attached hydrogens (tertiary/aromatic N) is 1. The molecule has 0 saturated carbocycles. The predicted molar refractivity (Wildman–Crippen MR) is 109 cm³/mol. The van der Waals surface area contributed by atoms with Crippen LogP contribution in [0.1, 0.15) is 23.4 Å². The molecule has 0 amide bonds. The number of carboxylic acids is 1. The highest BCUT2D eigenvalue weighted by molar-refractivity contribution is 7.10. The van der Waals surface area contributed by atoms with Crippen LogP contribution in [0.5, 0.6) is 5.75 Å². The van der Waals surface area contributed by atoms with E-state index in [0.29, 0.717) is 12.3 Å². The number of thiophene rings is 1. The van der Waals surface area contributed by atoms with Gasteiger partial charge in [0.05, 0.1) is 0 Å². The molecule has 0 aliphatic carbocycles. The van der Waals surface area contributed by atoms with Gasteiger partial charge >= 0.3 is 5.97 Å². The molecule has 1 aromatic heterocycles. The maximum atomic E-state index is 10.9. The van der Waals surface area contributed by atoms with Gasteiger partial charge < -0.3 is 9.84 Å². The molecule has 4 nitrogen and oxygen atoms in total. The largest absolute Gasteiger partial charge is 0.482 e. The van der Waals surface area contributed by atoms with E-state index in [1.165, 1.54) is 4.88 Å². The molecule has 0 fully saturated rings. The summed E-state index contributed by atoms with van der Waals surface area (Å²) in [6, 6.07) is 20.5. The topological polar surface area (TPSA) is 49.8 Å². The van der Waals surface area contributed by atoms with Gasteiger partial charge in [-0.25, -0.2) is 4.79 Å². The summed E-state index contributed by atoms with van der Waals surface area (Å²) in [5.41, 5.74) is 3.19. The van der Waals surface area contributed by atoms with Gasteiger partial charge in [-0.05, 0) is 48.7 Å². The lowest BCUT2D eigenvalue weighted by atomic mass is 10.0. The van der Waals surface area contributed by atoms with Crippen molar-refractivity contribution in [2.24, 2.45) is 0 Å². The first kappa shape index (κ1) is 19.1. The Morgan fingerprint density at radius 1 is 1.11 bits per heavy atom. The van der Waals surface area contributed by atoms with E-state index in [9.17, 15) is 4.79 Å². The van der Waals surface area contributed by atoms with Crippen molar-refractivity contribution in [1.82, 2.24) is 4.90 Å². The summed E-state index contributed by atoms with van der Waals surface area (Å²) in [7, 11) is 2.07. The number of ether oxygens (including phenoxy) is 1. The lowest BCUT2D eigenvalue weighted by Gasteiger charge is -2.25. The number of benzene rings is 2. The molecule has 27 heavy (non-hydrogen) atoms. The molecule has 0 saturated heterocycles. The van der Waals surface area contributed by atoms with Crippen LogP contribution in [-0.2, 0) is 11.3 Å². The second-order valence-electron chi connectivity index (χ2n) is 6.48. The quantitative estimate of drug-likeness (QED) is 0.592. The van der Waals surface area contributed by atoms with Gasteiger partial charge in [0.1, 0.15) is 5.75 Å². The van der Waals surface area contributed by atoms with Crippen molar-refractivity contribution in [1.29, 1.82) is 0 Å². The number of carboxylic acid groups (broad SMARTS) is 1. The standard InChI is InChI=1S/C22H23NO3S/c1-16(21-9-6-12-27-21)23(2)14-19-13-18(17-7-4-3-5-8-17)10-11-20(19)26-15-22(24)25/h3-13,16H,14-15H2,1-2H3,(H,24,25)/t16-/m1/s1. The fourth-order valence-electron chi connectivity index (χ4n) is 2.95. The summed E-state index contributed by atoms with van der Waals surface area (Å²) in [6.07, 6.45) is 0. The molecule has 1 atom stereocenters. The van der Waals surface area contributed by atoms with Crippen molar-refractivity contribution in [3.63, 3.8) is 0 Å². The maximum absolute atomic E-state index is 10.9. The summed E-state index contributed by atoms with van der Waals surface area (Å²) in [6.45, 7) is 2.49. The molecular weight excluding hydrogens is 358 g/mol. The Balaban J connectivity index is 1.87. The van der Waals surface area contributed by atoms with Gasteiger partial charge in [0, 0.05) is 23.0 Å². The minimum absolute atomic E-state index is 0.262. The van der Waals surface area contributed by atoms with Crippen LogP contribution in [0.2, 0.25) is 0 Å². The van der Waals surface area contributed by atoms with E-state index in [2.05, 4.69) is 54.6 Å². The highest BCUT2D eigenvalue weighted by Gasteiger charge is 2.16. The monoisotopic (exact) mass is 381 g/mol. The van der Waals surface area contributed by atoms with Crippen LogP contribution in [0.4, 0.5) is 0 Å². The zero-order valence-corrected chi connectivity index (χ0v) is 16.3. The van der Waals surface area contributed by atoms with Crippen molar-refractivity contribution in [2.45, 2.75) is 19.5 Å². The minimum Gasteiger partial charge on any atom is -0.482 e. The summed E-state index contributed by atoms with van der Waals surface area (Å²) < 4.78 is 5.54. The first-order valence-electron chi connectivity index (χ1n) is 8.81. The zero-order valence-electron chi connectivity index (χ0n) is 15.5. The Morgan fingerprint density at radius 2 is 1.89 bits per heavy atom. The van der Waals surface area contributed by atoms with Crippen molar-refractivity contribution < 1.29 is 14.6 Å². The Labute approximate surface area is 163 Å². The fourth-order valence-corrected chi connectivity index (χ4v) is 3.79. The third-order valence-corrected chi connectivity index (χ3v) is 5.60. The van der Waals surface area contributed by atoms with Crippen LogP contribution in [0, 0.1) is 0 Å². The molecule has 0 unspecified atom stereocenters. The Kier molecular flexibility index (Phi) is 6.27. The molecule has 0 aliphatic heterocycles. The Bertz CT molecular complexity index is 878. The van der Waals surface area contributed by atoms with Crippen molar-refractivity contribution in [3.8, 4) is 16.9 Å². The van der Waals surface area contributed by atoms with Crippen LogP contribution >= 0.6 is 11.3 Å². The van der Waals surface area contributed by atoms with Gasteiger partial charge in [-0.2, -0.15) is 0 Å². The number of carbonyl (C=O) groups is 1. The highest BCUT2D eigenvalue weighted by Crippen LogP contribution is 2.30. The van der Waals surface area contributed by atoms with E-state index < -0.39 is 5.97 Å². The fraction of sp³-hybridized carbons (Fsp3) is 0.227. The average Bonchev–Trinajstić information content (AvgIpc) is 3.21. The van der Waals surface area contributed by atoms with E-state index in [0.717, 1.165) is 16.7 Å². The molecular formula is C22H23NO3S. The van der Waals surface area contributed by atoms with E-state index in [4.69, 9.17) is 9.84 Å². The number of hydrogen-bond donors (Lipinski definition) is 1. The van der Waals surface area contributed by atoms with Gasteiger partial charge in [0.2, 0.25) is 0 Å². The first-order chi connectivity index (χ1) is 13.0. The van der Waals surface area contributed by atoms with Crippen LogP contribution in [0.15, 0.2) is 66.0 Å². The molecule has 3 rings (SSSR count). The Morgan fingerprint density at radius 3 is 2.56 bits per heavy atom. The summed E-state index contributed by atoms with van der Waals surface area (Å²) in [5.74, 6) is -0.365. The molecule has 5 heteroatoms. The van der Waals surface area contributed by atoms with Crippen LogP contribution < -0.4 is 4.74 Å².